The first-order chi connectivity index (χ1) is 18.1. The van der Waals surface area contributed by atoms with Crippen molar-refractivity contribution in [1.29, 1.82) is 0 Å². The summed E-state index contributed by atoms with van der Waals surface area (Å²) in [6, 6.07) is 10.9. The highest BCUT2D eigenvalue weighted by Crippen LogP contribution is 2.37. The highest BCUT2D eigenvalue weighted by Gasteiger charge is 2.25. The molecule has 0 unspecified atom stereocenters. The second kappa shape index (κ2) is 14.9. The van der Waals surface area contributed by atoms with Crippen LogP contribution in [-0.2, 0) is 29.1 Å². The molecule has 38 heavy (non-hydrogen) atoms. The first-order valence-corrected chi connectivity index (χ1v) is 13.9. The maximum Gasteiger partial charge on any atom is 0.338 e. The summed E-state index contributed by atoms with van der Waals surface area (Å²) >= 11 is 0. The summed E-state index contributed by atoms with van der Waals surface area (Å²) in [5.74, 6) is -1.86. The Labute approximate surface area is 223 Å². The summed E-state index contributed by atoms with van der Waals surface area (Å²) in [7, 11) is -2.95. The molecular formula is C26H35N3O8S. The number of nitrogens with one attached hydrogen (secondary N) is 1. The van der Waals surface area contributed by atoms with Crippen LogP contribution in [0, 0.1) is 0 Å². The van der Waals surface area contributed by atoms with E-state index in [1.807, 2.05) is 13.8 Å². The molecule has 0 saturated carbocycles. The molecule has 0 aliphatic rings. The molecule has 0 aromatic heterocycles. The fourth-order valence-electron chi connectivity index (χ4n) is 3.15. The van der Waals surface area contributed by atoms with Gasteiger partial charge in [0.2, 0.25) is 10.0 Å². The number of sulfonamides is 1. The summed E-state index contributed by atoms with van der Waals surface area (Å²) in [6.45, 7) is 3.72. The highest BCUT2D eigenvalue weighted by molar-refractivity contribution is 7.89. The van der Waals surface area contributed by atoms with Crippen LogP contribution in [0.1, 0.15) is 49.9 Å². The predicted molar refractivity (Wildman–Crippen MR) is 142 cm³/mol. The average molecular weight is 550 g/mol. The normalized spacial score (nSPS) is 10.9. The van der Waals surface area contributed by atoms with Gasteiger partial charge in [-0.15, -0.1) is 0 Å². The van der Waals surface area contributed by atoms with Crippen LogP contribution in [0.4, 0.5) is 5.69 Å². The van der Waals surface area contributed by atoms with Crippen LogP contribution < -0.4 is 15.2 Å². The molecule has 208 valence electrons. The topological polar surface area (TPSA) is 154 Å². The van der Waals surface area contributed by atoms with Crippen LogP contribution in [0.2, 0.25) is 0 Å². The number of hydrogen-bond donors (Lipinski definition) is 2. The van der Waals surface area contributed by atoms with E-state index in [4.69, 9.17) is 19.3 Å². The number of ether oxygens (including phenoxy) is 3. The molecule has 11 nitrogen and oxygen atoms in total. The van der Waals surface area contributed by atoms with Crippen LogP contribution in [0.3, 0.4) is 0 Å². The van der Waals surface area contributed by atoms with Crippen LogP contribution >= 0.6 is 0 Å². The maximum atomic E-state index is 12.8. The zero-order chi connectivity index (χ0) is 28.1. The monoisotopic (exact) mass is 549 g/mol. The van der Waals surface area contributed by atoms with E-state index in [9.17, 15) is 22.8 Å². The van der Waals surface area contributed by atoms with Crippen LogP contribution in [0.5, 0.6) is 11.5 Å². The van der Waals surface area contributed by atoms with Gasteiger partial charge in [0, 0.05) is 13.6 Å². The van der Waals surface area contributed by atoms with E-state index in [1.54, 1.807) is 30.3 Å². The van der Waals surface area contributed by atoms with Crippen molar-refractivity contribution < 1.29 is 37.0 Å². The van der Waals surface area contributed by atoms with Crippen molar-refractivity contribution in [3.05, 3.63) is 48.0 Å². The molecule has 2 aromatic carbocycles. The summed E-state index contributed by atoms with van der Waals surface area (Å²) in [6.07, 6.45) is 3.21. The van der Waals surface area contributed by atoms with Crippen molar-refractivity contribution in [2.45, 2.75) is 44.4 Å². The van der Waals surface area contributed by atoms with Gasteiger partial charge in [-0.1, -0.05) is 44.9 Å². The van der Waals surface area contributed by atoms with E-state index in [2.05, 4.69) is 5.32 Å². The third kappa shape index (κ3) is 9.67. The molecule has 0 atom stereocenters. The van der Waals surface area contributed by atoms with Gasteiger partial charge in [0.15, 0.2) is 12.4 Å². The van der Waals surface area contributed by atoms with Gasteiger partial charge in [0.25, 0.3) is 5.91 Å². The van der Waals surface area contributed by atoms with Gasteiger partial charge in [-0.05, 0) is 37.1 Å². The summed E-state index contributed by atoms with van der Waals surface area (Å²) in [5.41, 5.74) is 0.0712. The Balaban J connectivity index is 2.24. The number of nitrogens with two attached hydrogens (primary N) is 1. The second-order valence-corrected chi connectivity index (χ2v) is 10.0. The molecule has 0 radical (unpaired) electrons. The Kier molecular flexibility index (Phi) is 12.0. The first kappa shape index (κ1) is 30.6. The van der Waals surface area contributed by atoms with Crippen molar-refractivity contribution in [3.63, 3.8) is 0 Å². The lowest BCUT2D eigenvalue weighted by Gasteiger charge is -2.18. The van der Waals surface area contributed by atoms with Crippen molar-refractivity contribution in [3.8, 4) is 11.5 Å². The lowest BCUT2D eigenvalue weighted by molar-refractivity contribution is -0.149. The van der Waals surface area contributed by atoms with E-state index in [1.165, 1.54) is 13.1 Å². The van der Waals surface area contributed by atoms with E-state index in [0.717, 1.165) is 30.2 Å². The Bertz CT molecular complexity index is 1200. The molecule has 0 aliphatic carbocycles. The molecule has 1 amide bonds. The third-order valence-corrected chi connectivity index (χ3v) is 6.20. The van der Waals surface area contributed by atoms with Crippen molar-refractivity contribution in [1.82, 2.24) is 4.90 Å². The Morgan fingerprint density at radius 2 is 1.68 bits per heavy atom. The van der Waals surface area contributed by atoms with Crippen LogP contribution in [0.25, 0.3) is 0 Å². The molecule has 12 heteroatoms. The number of primary sulfonamides is 1. The van der Waals surface area contributed by atoms with Gasteiger partial charge >= 0.3 is 11.9 Å². The minimum Gasteiger partial charge on any atom is -0.464 e. The van der Waals surface area contributed by atoms with Crippen molar-refractivity contribution in [2.75, 3.05) is 38.7 Å². The number of anilines is 1. The fourth-order valence-corrected chi connectivity index (χ4v) is 3.85. The summed E-state index contributed by atoms with van der Waals surface area (Å²) in [5, 5.41) is 8.55. The largest absolute Gasteiger partial charge is 0.464 e. The third-order valence-electron chi connectivity index (χ3n) is 5.29. The minimum absolute atomic E-state index is 0.0660. The maximum absolute atomic E-state index is 12.8. The Morgan fingerprint density at radius 3 is 2.32 bits per heavy atom. The molecule has 2 aromatic rings. The average Bonchev–Trinajstić information content (AvgIpc) is 2.87. The Hall–Kier alpha value is -3.64. The number of para-hydroxylation sites is 1. The van der Waals surface area contributed by atoms with E-state index in [-0.39, 0.29) is 30.2 Å². The summed E-state index contributed by atoms with van der Waals surface area (Å²) < 4.78 is 40.9. The lowest BCUT2D eigenvalue weighted by Crippen LogP contribution is -2.36. The first-order valence-electron chi connectivity index (χ1n) is 12.3. The number of hydrogen-bond acceptors (Lipinski definition) is 9. The quantitative estimate of drug-likeness (QED) is 0.251. The zero-order valence-electron chi connectivity index (χ0n) is 21.9. The molecular weight excluding hydrogens is 514 g/mol. The van der Waals surface area contributed by atoms with Gasteiger partial charge in [-0.25, -0.2) is 18.4 Å². The number of esters is 2. The standard InChI is InChI=1S/C26H35N3O8S/c1-4-6-13-28-21-15-19(16-22(38(27,33)34)25(21)37-20-11-9-8-10-12-20)26(32)36-18-23(30)29(3)17-24(31)35-14-7-5-2/h8-12,15-16,28H,4-7,13-14,17-18H2,1-3H3,(H2,27,33,34). The molecule has 0 aliphatic heterocycles. The molecule has 2 rings (SSSR count). The van der Waals surface area contributed by atoms with Crippen molar-refractivity contribution in [2.24, 2.45) is 5.14 Å². The van der Waals surface area contributed by atoms with Crippen LogP contribution in [0.15, 0.2) is 47.4 Å². The Morgan fingerprint density at radius 1 is 1.00 bits per heavy atom. The highest BCUT2D eigenvalue weighted by atomic mass is 32.2. The number of unbranched alkanes of at least 4 members (excludes halogenated alkanes) is 2. The van der Waals surface area contributed by atoms with Gasteiger partial charge in [0.1, 0.15) is 17.2 Å². The second-order valence-electron chi connectivity index (χ2n) is 8.49. The van der Waals surface area contributed by atoms with E-state index < -0.39 is 39.4 Å². The summed E-state index contributed by atoms with van der Waals surface area (Å²) in [4.78, 5) is 37.6. The smallest absolute Gasteiger partial charge is 0.338 e. The number of carbonyl (C=O) groups excluding carboxylic acids is 3. The van der Waals surface area contributed by atoms with Gasteiger partial charge < -0.3 is 24.4 Å². The molecule has 0 bridgehead atoms. The molecule has 0 spiro atoms. The number of rotatable bonds is 15. The number of carbonyl (C=O) groups is 3. The van der Waals surface area contributed by atoms with Crippen LogP contribution in [-0.4, -0.2) is 64.5 Å². The van der Waals surface area contributed by atoms with Gasteiger partial charge in [0.05, 0.1) is 17.9 Å². The van der Waals surface area contributed by atoms with E-state index in [0.29, 0.717) is 18.7 Å². The number of benzene rings is 2. The molecule has 0 heterocycles. The number of amides is 1. The predicted octanol–water partition coefficient (Wildman–Crippen LogP) is 3.30. The molecule has 0 fully saturated rings. The molecule has 3 N–H and O–H groups in total. The minimum atomic E-state index is -4.33. The fraction of sp³-hybridized carbons (Fsp3) is 0.423. The number of nitrogens with zero attached hydrogens (tertiary/aromatic N) is 1. The van der Waals surface area contributed by atoms with Gasteiger partial charge in [-0.3, -0.25) is 9.59 Å². The molecule has 0 saturated heterocycles. The zero-order valence-corrected chi connectivity index (χ0v) is 22.7. The lowest BCUT2D eigenvalue weighted by atomic mass is 10.1. The van der Waals surface area contributed by atoms with Gasteiger partial charge in [-0.2, -0.15) is 0 Å². The number of likely N-dealkylation sites (N-methyl/N-ethyl adjacent to an activating group) is 1. The van der Waals surface area contributed by atoms with Crippen molar-refractivity contribution >= 4 is 33.6 Å². The van der Waals surface area contributed by atoms with E-state index >= 15 is 0 Å². The SMILES string of the molecule is CCCCNc1cc(C(=O)OCC(=O)N(C)CC(=O)OCCCC)cc(S(N)(=O)=O)c1Oc1ccccc1.